The van der Waals surface area contributed by atoms with Gasteiger partial charge in [0, 0.05) is 32.6 Å². The molecule has 38 heavy (non-hydrogen) atoms. The number of carbonyl (C=O) groups is 1. The van der Waals surface area contributed by atoms with Crippen LogP contribution in [0.4, 0.5) is 4.79 Å². The van der Waals surface area contributed by atoms with Crippen LogP contribution in [0.1, 0.15) is 105 Å². The van der Waals surface area contributed by atoms with Gasteiger partial charge in [0.15, 0.2) is 0 Å². The molecule has 3 N–H and O–H groups in total. The zero-order chi connectivity index (χ0) is 27.5. The zero-order valence-electron chi connectivity index (χ0n) is 25.6. The fraction of sp³-hybridized carbons (Fsp3) is 0.909. The van der Waals surface area contributed by atoms with Crippen molar-refractivity contribution in [1.82, 2.24) is 10.2 Å². The lowest BCUT2D eigenvalue weighted by molar-refractivity contribution is -0.0581. The van der Waals surface area contributed by atoms with E-state index in [1.54, 1.807) is 5.57 Å². The number of nitrogens with two attached hydrogens (primary N) is 1. The molecule has 0 aliphatic heterocycles. The SMILES string of the molecule is CC(C)CCC[C@@H](C)[C@H]1CC[C@H]2C3CC=C4C[C@@H](OC(=O)NCCN(C)CCN)CC[C@]4(C)[C@H]3CC[C@]12C. The predicted octanol–water partition coefficient (Wildman–Crippen LogP) is 7.01. The van der Waals surface area contributed by atoms with E-state index in [1.807, 2.05) is 7.05 Å². The minimum absolute atomic E-state index is 0.0176. The van der Waals surface area contributed by atoms with Gasteiger partial charge in [-0.3, -0.25) is 0 Å². The lowest BCUT2D eigenvalue weighted by atomic mass is 9.47. The summed E-state index contributed by atoms with van der Waals surface area (Å²) in [7, 11) is 2.03. The number of amides is 1. The first-order chi connectivity index (χ1) is 18.1. The maximum Gasteiger partial charge on any atom is 0.407 e. The number of ether oxygens (including phenoxy) is 1. The third-order valence-corrected chi connectivity index (χ3v) is 11.8. The van der Waals surface area contributed by atoms with Crippen molar-refractivity contribution in [3.63, 3.8) is 0 Å². The van der Waals surface area contributed by atoms with E-state index in [9.17, 15) is 4.79 Å². The van der Waals surface area contributed by atoms with E-state index in [2.05, 4.69) is 50.9 Å². The van der Waals surface area contributed by atoms with Gasteiger partial charge in [-0.15, -0.1) is 0 Å². The number of fused-ring (bicyclic) bond motifs is 5. The molecule has 4 rings (SSSR count). The van der Waals surface area contributed by atoms with Crippen LogP contribution in [0.3, 0.4) is 0 Å². The molecular weight excluding hydrogens is 470 g/mol. The van der Waals surface area contributed by atoms with Crippen molar-refractivity contribution in [3.05, 3.63) is 11.6 Å². The van der Waals surface area contributed by atoms with Crippen LogP contribution in [0, 0.1) is 46.3 Å². The lowest BCUT2D eigenvalue weighted by Crippen LogP contribution is -2.51. The number of likely N-dealkylation sites (N-methyl/N-ethyl adjacent to an activating group) is 1. The number of hydrogen-bond acceptors (Lipinski definition) is 4. The zero-order valence-corrected chi connectivity index (χ0v) is 25.6. The highest BCUT2D eigenvalue weighted by Crippen LogP contribution is 2.67. The van der Waals surface area contributed by atoms with Gasteiger partial charge < -0.3 is 20.7 Å². The van der Waals surface area contributed by atoms with Crippen molar-refractivity contribution in [1.29, 1.82) is 0 Å². The maximum atomic E-state index is 12.5. The molecule has 0 heterocycles. The van der Waals surface area contributed by atoms with Gasteiger partial charge in [0.05, 0.1) is 0 Å². The van der Waals surface area contributed by atoms with Crippen LogP contribution >= 0.6 is 0 Å². The number of allylic oxidation sites excluding steroid dienone is 1. The Morgan fingerprint density at radius 3 is 2.63 bits per heavy atom. The smallest absolute Gasteiger partial charge is 0.407 e. The maximum absolute atomic E-state index is 12.5. The monoisotopic (exact) mass is 529 g/mol. The molecular formula is C33H59N3O2. The Morgan fingerprint density at radius 2 is 1.89 bits per heavy atom. The molecule has 3 saturated carbocycles. The Labute approximate surface area is 234 Å². The van der Waals surface area contributed by atoms with E-state index in [1.165, 1.54) is 51.4 Å². The first-order valence-corrected chi connectivity index (χ1v) is 16.1. The average Bonchev–Trinajstić information content (AvgIpc) is 3.21. The van der Waals surface area contributed by atoms with Crippen molar-refractivity contribution in [2.75, 3.05) is 33.2 Å². The fourth-order valence-electron chi connectivity index (χ4n) is 9.63. The third-order valence-electron chi connectivity index (χ3n) is 11.8. The number of nitrogens with one attached hydrogen (secondary N) is 1. The number of rotatable bonds is 11. The second kappa shape index (κ2) is 12.6. The van der Waals surface area contributed by atoms with Crippen molar-refractivity contribution < 1.29 is 9.53 Å². The minimum atomic E-state index is -0.262. The summed E-state index contributed by atoms with van der Waals surface area (Å²) in [5, 5.41) is 2.94. The van der Waals surface area contributed by atoms with Crippen LogP contribution in [-0.2, 0) is 4.74 Å². The van der Waals surface area contributed by atoms with E-state index in [0.717, 1.165) is 67.9 Å². The Hall–Kier alpha value is -1.07. The molecule has 0 bridgehead atoms. The summed E-state index contributed by atoms with van der Waals surface area (Å²) in [6, 6.07) is 0. The lowest BCUT2D eigenvalue weighted by Gasteiger charge is -2.58. The highest BCUT2D eigenvalue weighted by molar-refractivity contribution is 5.67. The molecule has 218 valence electrons. The summed E-state index contributed by atoms with van der Waals surface area (Å²) in [6.45, 7) is 15.4. The Bertz CT molecular complexity index is 827. The quantitative estimate of drug-likeness (QED) is 0.282. The van der Waals surface area contributed by atoms with Gasteiger partial charge in [-0.1, -0.05) is 65.5 Å². The molecule has 5 nitrogen and oxygen atoms in total. The highest BCUT2D eigenvalue weighted by atomic mass is 16.6. The predicted molar refractivity (Wildman–Crippen MR) is 158 cm³/mol. The standard InChI is InChI=1S/C33H59N3O2/c1-23(2)8-7-9-24(3)28-12-13-29-27-11-10-25-22-26(38-31(37)35-19-21-36(6)20-18-34)14-16-32(25,4)30(27)15-17-33(28,29)5/h10,23-24,26-30H,7-9,11-22,34H2,1-6H3,(H,35,37)/t24-,26+,27?,28-,29+,30+,32+,33-/m1/s1. The largest absolute Gasteiger partial charge is 0.446 e. The van der Waals surface area contributed by atoms with Crippen LogP contribution < -0.4 is 11.1 Å². The molecule has 0 saturated heterocycles. The Kier molecular flexibility index (Phi) is 9.93. The second-order valence-corrected chi connectivity index (χ2v) is 14.6. The third kappa shape index (κ3) is 6.29. The topological polar surface area (TPSA) is 67.6 Å². The fourth-order valence-corrected chi connectivity index (χ4v) is 9.63. The molecule has 3 fully saturated rings. The van der Waals surface area contributed by atoms with Gasteiger partial charge >= 0.3 is 6.09 Å². The van der Waals surface area contributed by atoms with Crippen molar-refractivity contribution >= 4 is 6.09 Å². The van der Waals surface area contributed by atoms with Gasteiger partial charge in [0.25, 0.3) is 0 Å². The summed E-state index contributed by atoms with van der Waals surface area (Å²) in [5.74, 6) is 5.16. The molecule has 0 aromatic heterocycles. The summed E-state index contributed by atoms with van der Waals surface area (Å²) in [6.07, 6.45) is 16.6. The summed E-state index contributed by atoms with van der Waals surface area (Å²) in [4.78, 5) is 14.6. The molecule has 0 aromatic carbocycles. The highest BCUT2D eigenvalue weighted by Gasteiger charge is 2.59. The molecule has 0 aromatic rings. The van der Waals surface area contributed by atoms with Crippen LogP contribution in [-0.4, -0.2) is 50.3 Å². The van der Waals surface area contributed by atoms with Gasteiger partial charge in [0.2, 0.25) is 0 Å². The normalized spacial score (nSPS) is 37.3. The number of carbonyl (C=O) groups excluding carboxylic acids is 1. The molecule has 0 spiro atoms. The summed E-state index contributed by atoms with van der Waals surface area (Å²) >= 11 is 0. The van der Waals surface area contributed by atoms with Gasteiger partial charge in [-0.2, -0.15) is 0 Å². The molecule has 4 aliphatic carbocycles. The summed E-state index contributed by atoms with van der Waals surface area (Å²) < 4.78 is 5.90. The van der Waals surface area contributed by atoms with Crippen LogP contribution in [0.15, 0.2) is 11.6 Å². The first-order valence-electron chi connectivity index (χ1n) is 16.1. The van der Waals surface area contributed by atoms with Crippen molar-refractivity contribution in [2.24, 2.45) is 52.1 Å². The molecule has 1 unspecified atom stereocenters. The van der Waals surface area contributed by atoms with Gasteiger partial charge in [-0.05, 0) is 98.3 Å². The number of nitrogens with zero attached hydrogens (tertiary/aromatic N) is 1. The van der Waals surface area contributed by atoms with Crippen molar-refractivity contribution in [2.45, 2.75) is 111 Å². The second-order valence-electron chi connectivity index (χ2n) is 14.6. The van der Waals surface area contributed by atoms with E-state index >= 15 is 0 Å². The van der Waals surface area contributed by atoms with E-state index in [-0.39, 0.29) is 12.2 Å². The molecule has 0 radical (unpaired) electrons. The number of alkyl carbamates (subject to hydrolysis) is 1. The first kappa shape index (κ1) is 29.9. The van der Waals surface area contributed by atoms with Crippen LogP contribution in [0.5, 0.6) is 0 Å². The van der Waals surface area contributed by atoms with Gasteiger partial charge in [0.1, 0.15) is 6.10 Å². The number of hydrogen-bond donors (Lipinski definition) is 2. The molecule has 5 heteroatoms. The summed E-state index contributed by atoms with van der Waals surface area (Å²) in [5.41, 5.74) is 8.03. The van der Waals surface area contributed by atoms with E-state index < -0.39 is 0 Å². The van der Waals surface area contributed by atoms with Gasteiger partial charge in [-0.25, -0.2) is 4.79 Å². The minimum Gasteiger partial charge on any atom is -0.446 e. The van der Waals surface area contributed by atoms with Crippen LogP contribution in [0.25, 0.3) is 0 Å². The molecule has 8 atom stereocenters. The molecule has 1 amide bonds. The Balaban J connectivity index is 1.33. The Morgan fingerprint density at radius 1 is 1.11 bits per heavy atom. The molecule has 4 aliphatic rings. The average molecular weight is 530 g/mol. The van der Waals surface area contributed by atoms with Crippen LogP contribution in [0.2, 0.25) is 0 Å². The van der Waals surface area contributed by atoms with E-state index in [0.29, 0.717) is 23.9 Å². The van der Waals surface area contributed by atoms with E-state index in [4.69, 9.17) is 10.5 Å². The van der Waals surface area contributed by atoms with Crippen molar-refractivity contribution in [3.8, 4) is 0 Å².